The van der Waals surface area contributed by atoms with E-state index in [1.165, 1.54) is 24.4 Å². The molecule has 0 aromatic heterocycles. The first kappa shape index (κ1) is 14.3. The number of ether oxygens (including phenoxy) is 2. The first-order chi connectivity index (χ1) is 10.6. The Morgan fingerprint density at radius 3 is 2.77 bits per heavy atom. The standard InChI is InChI=1S/C15H10ClFN2O3/c16-11-6-14-13(21-8-22-14)5-9(11)7-18-19-15(20)10-3-1-2-4-12(10)17/h1-7H,8H2,(H,19,20). The average Bonchev–Trinajstić information content (AvgIpc) is 2.94. The third-order valence-electron chi connectivity index (χ3n) is 2.98. The Morgan fingerprint density at radius 1 is 1.27 bits per heavy atom. The van der Waals surface area contributed by atoms with Crippen LogP contribution >= 0.6 is 11.6 Å². The number of hydrogen-bond acceptors (Lipinski definition) is 4. The lowest BCUT2D eigenvalue weighted by atomic mass is 10.2. The van der Waals surface area contributed by atoms with Crippen molar-refractivity contribution in [2.45, 2.75) is 0 Å². The summed E-state index contributed by atoms with van der Waals surface area (Å²) in [6.45, 7) is 0.135. The van der Waals surface area contributed by atoms with Crippen LogP contribution in [0.1, 0.15) is 15.9 Å². The number of amides is 1. The highest BCUT2D eigenvalue weighted by atomic mass is 35.5. The van der Waals surface area contributed by atoms with E-state index in [9.17, 15) is 9.18 Å². The number of carbonyl (C=O) groups excluding carboxylic acids is 1. The number of hydrogen-bond donors (Lipinski definition) is 1. The van der Waals surface area contributed by atoms with E-state index < -0.39 is 11.7 Å². The molecule has 1 aliphatic heterocycles. The molecule has 0 atom stereocenters. The van der Waals surface area contributed by atoms with Crippen LogP contribution in [-0.4, -0.2) is 18.9 Å². The summed E-state index contributed by atoms with van der Waals surface area (Å²) in [5.41, 5.74) is 2.70. The molecule has 1 amide bonds. The number of hydrazone groups is 1. The fourth-order valence-corrected chi connectivity index (χ4v) is 2.10. The maximum atomic E-state index is 13.4. The zero-order valence-corrected chi connectivity index (χ0v) is 11.9. The minimum Gasteiger partial charge on any atom is -0.454 e. The number of halogens is 2. The van der Waals surface area contributed by atoms with Crippen molar-refractivity contribution in [3.05, 3.63) is 58.4 Å². The topological polar surface area (TPSA) is 59.9 Å². The molecule has 0 saturated carbocycles. The van der Waals surface area contributed by atoms with E-state index >= 15 is 0 Å². The van der Waals surface area contributed by atoms with Gasteiger partial charge in [-0.3, -0.25) is 4.79 Å². The predicted molar refractivity (Wildman–Crippen MR) is 79.0 cm³/mol. The van der Waals surface area contributed by atoms with Gasteiger partial charge in [0.1, 0.15) is 5.82 Å². The van der Waals surface area contributed by atoms with Crippen molar-refractivity contribution >= 4 is 23.7 Å². The molecule has 22 heavy (non-hydrogen) atoms. The van der Waals surface area contributed by atoms with Crippen LogP contribution in [-0.2, 0) is 0 Å². The zero-order valence-electron chi connectivity index (χ0n) is 11.2. The van der Waals surface area contributed by atoms with E-state index in [1.807, 2.05) is 0 Å². The highest BCUT2D eigenvalue weighted by Gasteiger charge is 2.16. The van der Waals surface area contributed by atoms with Crippen molar-refractivity contribution in [2.24, 2.45) is 5.10 Å². The summed E-state index contributed by atoms with van der Waals surface area (Å²) in [6, 6.07) is 8.88. The lowest BCUT2D eigenvalue weighted by Gasteiger charge is -2.02. The second kappa shape index (κ2) is 6.03. The van der Waals surface area contributed by atoms with Gasteiger partial charge in [0.05, 0.1) is 16.8 Å². The first-order valence-corrected chi connectivity index (χ1v) is 6.70. The average molecular weight is 321 g/mol. The second-order valence-corrected chi connectivity index (χ2v) is 4.81. The molecule has 2 aromatic rings. The molecule has 1 N–H and O–H groups in total. The zero-order chi connectivity index (χ0) is 15.5. The lowest BCUT2D eigenvalue weighted by Crippen LogP contribution is -2.18. The molecule has 3 rings (SSSR count). The van der Waals surface area contributed by atoms with Crippen LogP contribution < -0.4 is 14.9 Å². The molecule has 7 heteroatoms. The quantitative estimate of drug-likeness (QED) is 0.698. The molecule has 0 bridgehead atoms. The fraction of sp³-hybridized carbons (Fsp3) is 0.0667. The largest absolute Gasteiger partial charge is 0.454 e. The Balaban J connectivity index is 1.73. The van der Waals surface area contributed by atoms with Crippen LogP contribution in [0.3, 0.4) is 0 Å². The van der Waals surface area contributed by atoms with Crippen molar-refractivity contribution < 1.29 is 18.7 Å². The van der Waals surface area contributed by atoms with E-state index in [4.69, 9.17) is 21.1 Å². The third kappa shape index (κ3) is 2.87. The Bertz CT molecular complexity index is 764. The highest BCUT2D eigenvalue weighted by Crippen LogP contribution is 2.36. The van der Waals surface area contributed by atoms with Gasteiger partial charge in [0.15, 0.2) is 11.5 Å². The Morgan fingerprint density at radius 2 is 2.00 bits per heavy atom. The van der Waals surface area contributed by atoms with E-state index in [2.05, 4.69) is 10.5 Å². The van der Waals surface area contributed by atoms with Gasteiger partial charge in [-0.15, -0.1) is 0 Å². The van der Waals surface area contributed by atoms with Crippen molar-refractivity contribution in [1.82, 2.24) is 5.43 Å². The summed E-state index contributed by atoms with van der Waals surface area (Å²) >= 11 is 6.07. The Hall–Kier alpha value is -2.60. The van der Waals surface area contributed by atoms with Gasteiger partial charge in [0.25, 0.3) is 5.91 Å². The summed E-state index contributed by atoms with van der Waals surface area (Å²) in [4.78, 5) is 11.8. The van der Waals surface area contributed by atoms with Gasteiger partial charge < -0.3 is 9.47 Å². The molecule has 1 aliphatic rings. The number of carbonyl (C=O) groups is 1. The van der Waals surface area contributed by atoms with Gasteiger partial charge in [-0.2, -0.15) is 5.10 Å². The second-order valence-electron chi connectivity index (χ2n) is 4.41. The van der Waals surface area contributed by atoms with Crippen molar-refractivity contribution in [3.63, 3.8) is 0 Å². The van der Waals surface area contributed by atoms with E-state index in [-0.39, 0.29) is 12.4 Å². The number of benzene rings is 2. The lowest BCUT2D eigenvalue weighted by molar-refractivity contribution is 0.0951. The fourth-order valence-electron chi connectivity index (χ4n) is 1.90. The van der Waals surface area contributed by atoms with Crippen molar-refractivity contribution in [2.75, 3.05) is 6.79 Å². The third-order valence-corrected chi connectivity index (χ3v) is 3.31. The van der Waals surface area contributed by atoms with Gasteiger partial charge >= 0.3 is 0 Å². The number of nitrogens with one attached hydrogen (secondary N) is 1. The molecule has 1 heterocycles. The van der Waals surface area contributed by atoms with E-state index in [0.717, 1.165) is 0 Å². The van der Waals surface area contributed by atoms with Crippen LogP contribution in [0.15, 0.2) is 41.5 Å². The van der Waals surface area contributed by atoms with Gasteiger partial charge in [0.2, 0.25) is 6.79 Å². The predicted octanol–water partition coefficient (Wildman–Crippen LogP) is 2.97. The van der Waals surface area contributed by atoms with Gasteiger partial charge in [-0.05, 0) is 18.2 Å². The SMILES string of the molecule is O=C(NN=Cc1cc2c(cc1Cl)OCO2)c1ccccc1F. The summed E-state index contributed by atoms with van der Waals surface area (Å²) < 4.78 is 23.9. The monoisotopic (exact) mass is 320 g/mol. The minimum absolute atomic E-state index is 0.0866. The van der Waals surface area contributed by atoms with Crippen molar-refractivity contribution in [3.8, 4) is 11.5 Å². The molecule has 0 radical (unpaired) electrons. The van der Waals surface area contributed by atoms with Crippen LogP contribution in [0.4, 0.5) is 4.39 Å². The molecule has 0 saturated heterocycles. The summed E-state index contributed by atoms with van der Waals surface area (Å²) in [5, 5.41) is 4.17. The molecule has 112 valence electrons. The van der Waals surface area contributed by atoms with Crippen LogP contribution in [0, 0.1) is 5.82 Å². The molecule has 0 spiro atoms. The molecular formula is C15H10ClFN2O3. The molecule has 2 aromatic carbocycles. The molecule has 5 nitrogen and oxygen atoms in total. The summed E-state index contributed by atoms with van der Waals surface area (Å²) in [6.07, 6.45) is 1.35. The normalized spacial score (nSPS) is 12.6. The van der Waals surface area contributed by atoms with Crippen LogP contribution in [0.2, 0.25) is 5.02 Å². The summed E-state index contributed by atoms with van der Waals surface area (Å²) in [5.74, 6) is -0.161. The highest BCUT2D eigenvalue weighted by molar-refractivity contribution is 6.33. The van der Waals surface area contributed by atoms with Gasteiger partial charge in [0, 0.05) is 11.6 Å². The number of nitrogens with zero attached hydrogens (tertiary/aromatic N) is 1. The maximum absolute atomic E-state index is 13.4. The molecule has 0 aliphatic carbocycles. The smallest absolute Gasteiger partial charge is 0.274 e. The van der Waals surface area contributed by atoms with Crippen molar-refractivity contribution in [1.29, 1.82) is 0 Å². The molecular weight excluding hydrogens is 311 g/mol. The molecule has 0 fully saturated rings. The van der Waals surface area contributed by atoms with E-state index in [0.29, 0.717) is 22.1 Å². The minimum atomic E-state index is -0.647. The first-order valence-electron chi connectivity index (χ1n) is 6.32. The maximum Gasteiger partial charge on any atom is 0.274 e. The molecule has 0 unspecified atom stereocenters. The van der Waals surface area contributed by atoms with Gasteiger partial charge in [-0.1, -0.05) is 23.7 Å². The van der Waals surface area contributed by atoms with E-state index in [1.54, 1.807) is 18.2 Å². The van der Waals surface area contributed by atoms with Gasteiger partial charge in [-0.25, -0.2) is 9.82 Å². The van der Waals surface area contributed by atoms with Crippen LogP contribution in [0.5, 0.6) is 11.5 Å². The van der Waals surface area contributed by atoms with Crippen LogP contribution in [0.25, 0.3) is 0 Å². The Kier molecular flexibility index (Phi) is 3.93. The number of rotatable bonds is 3. The number of fused-ring (bicyclic) bond motifs is 1. The Labute approximate surface area is 130 Å². The summed E-state index contributed by atoms with van der Waals surface area (Å²) in [7, 11) is 0.